The van der Waals surface area contributed by atoms with Crippen molar-refractivity contribution in [3.05, 3.63) is 35.9 Å². The van der Waals surface area contributed by atoms with E-state index in [1.54, 1.807) is 0 Å². The Bertz CT molecular complexity index is 579. The van der Waals surface area contributed by atoms with E-state index in [4.69, 9.17) is 5.26 Å². The van der Waals surface area contributed by atoms with E-state index in [1.807, 2.05) is 30.3 Å². The van der Waals surface area contributed by atoms with E-state index in [1.165, 1.54) is 12.8 Å². The summed E-state index contributed by atoms with van der Waals surface area (Å²) in [6.07, 6.45) is 2.41. The molecule has 0 aliphatic heterocycles. The minimum atomic E-state index is 0.556. The molecular weight excluding hydrogens is 198 g/mol. The average molecular weight is 209 g/mol. The van der Waals surface area contributed by atoms with E-state index in [-0.39, 0.29) is 0 Å². The first-order valence-electron chi connectivity index (χ1n) is 5.43. The van der Waals surface area contributed by atoms with Crippen molar-refractivity contribution in [3.63, 3.8) is 0 Å². The van der Waals surface area contributed by atoms with Crippen LogP contribution in [0.1, 0.15) is 18.4 Å². The van der Waals surface area contributed by atoms with Gasteiger partial charge in [0, 0.05) is 11.4 Å². The minimum Gasteiger partial charge on any atom is -0.367 e. The average Bonchev–Trinajstić information content (AvgIpc) is 3.12. The maximum absolute atomic E-state index is 9.10. The number of hydrogen-bond donors (Lipinski definition) is 1. The molecule has 0 bridgehead atoms. The van der Waals surface area contributed by atoms with E-state index in [9.17, 15) is 0 Å². The maximum Gasteiger partial charge on any atom is 0.128 e. The molecule has 78 valence electrons. The van der Waals surface area contributed by atoms with Gasteiger partial charge < -0.3 is 5.32 Å². The number of nitriles is 1. The van der Waals surface area contributed by atoms with Gasteiger partial charge in [0.15, 0.2) is 0 Å². The molecule has 2 aromatic rings. The third kappa shape index (κ3) is 1.59. The molecule has 0 unspecified atom stereocenters. The van der Waals surface area contributed by atoms with Crippen molar-refractivity contribution in [1.82, 2.24) is 4.98 Å². The topological polar surface area (TPSA) is 48.7 Å². The molecule has 1 N–H and O–H groups in total. The Balaban J connectivity index is 2.14. The fraction of sp³-hybridized carbons (Fsp3) is 0.231. The van der Waals surface area contributed by atoms with Crippen LogP contribution in [-0.4, -0.2) is 11.0 Å². The number of rotatable bonds is 2. The van der Waals surface area contributed by atoms with Gasteiger partial charge in [0.05, 0.1) is 17.1 Å². The number of pyridine rings is 1. The molecule has 1 fully saturated rings. The quantitative estimate of drug-likeness (QED) is 0.827. The Morgan fingerprint density at radius 1 is 1.31 bits per heavy atom. The Labute approximate surface area is 93.7 Å². The summed E-state index contributed by atoms with van der Waals surface area (Å²) in [5, 5.41) is 13.3. The van der Waals surface area contributed by atoms with E-state index in [0.29, 0.717) is 11.6 Å². The Kier molecular flexibility index (Phi) is 2.00. The molecule has 3 rings (SSSR count). The van der Waals surface area contributed by atoms with Crippen LogP contribution in [0, 0.1) is 11.3 Å². The maximum atomic E-state index is 9.10. The van der Waals surface area contributed by atoms with Crippen LogP contribution in [0.4, 0.5) is 5.82 Å². The van der Waals surface area contributed by atoms with Gasteiger partial charge in [-0.2, -0.15) is 5.26 Å². The fourth-order valence-corrected chi connectivity index (χ4v) is 1.78. The number of fused-ring (bicyclic) bond motifs is 1. The van der Waals surface area contributed by atoms with E-state index in [0.717, 1.165) is 16.7 Å². The van der Waals surface area contributed by atoms with E-state index in [2.05, 4.69) is 16.4 Å². The van der Waals surface area contributed by atoms with Crippen LogP contribution in [0.3, 0.4) is 0 Å². The monoisotopic (exact) mass is 209 g/mol. The first-order chi connectivity index (χ1) is 7.86. The number of anilines is 1. The Morgan fingerprint density at radius 3 is 2.88 bits per heavy atom. The van der Waals surface area contributed by atoms with Crippen molar-refractivity contribution >= 4 is 16.7 Å². The number of aromatic nitrogens is 1. The minimum absolute atomic E-state index is 0.556. The smallest absolute Gasteiger partial charge is 0.128 e. The molecule has 16 heavy (non-hydrogen) atoms. The molecule has 0 atom stereocenters. The third-order valence-electron chi connectivity index (χ3n) is 2.77. The van der Waals surface area contributed by atoms with Gasteiger partial charge in [-0.25, -0.2) is 4.98 Å². The largest absolute Gasteiger partial charge is 0.367 e. The third-order valence-corrected chi connectivity index (χ3v) is 2.77. The van der Waals surface area contributed by atoms with Crippen LogP contribution in [-0.2, 0) is 0 Å². The van der Waals surface area contributed by atoms with Gasteiger partial charge >= 0.3 is 0 Å². The van der Waals surface area contributed by atoms with Crippen LogP contribution < -0.4 is 5.32 Å². The lowest BCUT2D eigenvalue weighted by Crippen LogP contribution is -2.03. The molecule has 1 heterocycles. The molecule has 1 aromatic carbocycles. The van der Waals surface area contributed by atoms with Gasteiger partial charge in [-0.1, -0.05) is 18.2 Å². The van der Waals surface area contributed by atoms with Crippen molar-refractivity contribution in [2.75, 3.05) is 5.32 Å². The second kappa shape index (κ2) is 3.49. The summed E-state index contributed by atoms with van der Waals surface area (Å²) >= 11 is 0. The van der Waals surface area contributed by atoms with Crippen molar-refractivity contribution in [2.45, 2.75) is 18.9 Å². The highest BCUT2D eigenvalue weighted by molar-refractivity contribution is 5.86. The zero-order chi connectivity index (χ0) is 11.0. The van der Waals surface area contributed by atoms with E-state index >= 15 is 0 Å². The zero-order valence-electron chi connectivity index (χ0n) is 8.77. The van der Waals surface area contributed by atoms with Gasteiger partial charge in [0.25, 0.3) is 0 Å². The van der Waals surface area contributed by atoms with Gasteiger partial charge in [-0.15, -0.1) is 0 Å². The first-order valence-corrected chi connectivity index (χ1v) is 5.43. The van der Waals surface area contributed by atoms with Crippen LogP contribution in [0.2, 0.25) is 0 Å². The Hall–Kier alpha value is -2.08. The summed E-state index contributed by atoms with van der Waals surface area (Å²) in [6, 6.07) is 12.4. The highest BCUT2D eigenvalue weighted by atomic mass is 15.0. The van der Waals surface area contributed by atoms with Gasteiger partial charge in [-0.3, -0.25) is 0 Å². The normalized spacial score (nSPS) is 14.7. The lowest BCUT2D eigenvalue weighted by molar-refractivity contribution is 1.12. The molecule has 0 radical (unpaired) electrons. The van der Waals surface area contributed by atoms with Crippen LogP contribution in [0.25, 0.3) is 10.9 Å². The number of para-hydroxylation sites is 1. The molecule has 3 heteroatoms. The summed E-state index contributed by atoms with van der Waals surface area (Å²) in [5.41, 5.74) is 1.57. The van der Waals surface area contributed by atoms with Gasteiger partial charge in [0.1, 0.15) is 5.82 Å². The molecule has 3 nitrogen and oxygen atoms in total. The van der Waals surface area contributed by atoms with Crippen molar-refractivity contribution in [1.29, 1.82) is 5.26 Å². The zero-order valence-corrected chi connectivity index (χ0v) is 8.77. The summed E-state index contributed by atoms with van der Waals surface area (Å²) in [4.78, 5) is 4.50. The number of benzene rings is 1. The number of nitrogens with zero attached hydrogens (tertiary/aromatic N) is 2. The van der Waals surface area contributed by atoms with Crippen LogP contribution in [0.15, 0.2) is 30.3 Å². The highest BCUT2D eigenvalue weighted by Crippen LogP contribution is 2.26. The molecular formula is C13H11N3. The second-order valence-corrected chi connectivity index (χ2v) is 4.10. The van der Waals surface area contributed by atoms with Crippen LogP contribution >= 0.6 is 0 Å². The second-order valence-electron chi connectivity index (χ2n) is 4.10. The molecule has 1 aromatic heterocycles. The predicted octanol–water partition coefficient (Wildman–Crippen LogP) is 2.68. The molecule has 0 spiro atoms. The molecule has 0 amide bonds. The van der Waals surface area contributed by atoms with Crippen LogP contribution in [0.5, 0.6) is 0 Å². The van der Waals surface area contributed by atoms with Crippen molar-refractivity contribution < 1.29 is 0 Å². The number of hydrogen-bond acceptors (Lipinski definition) is 3. The van der Waals surface area contributed by atoms with Crippen molar-refractivity contribution in [2.24, 2.45) is 0 Å². The molecule has 0 saturated heterocycles. The fourth-order valence-electron chi connectivity index (χ4n) is 1.78. The lowest BCUT2D eigenvalue weighted by Gasteiger charge is -2.06. The summed E-state index contributed by atoms with van der Waals surface area (Å²) in [6.45, 7) is 0. The summed E-state index contributed by atoms with van der Waals surface area (Å²) in [7, 11) is 0. The number of nitrogens with one attached hydrogen (secondary N) is 1. The van der Waals surface area contributed by atoms with Gasteiger partial charge in [0.2, 0.25) is 0 Å². The van der Waals surface area contributed by atoms with Gasteiger partial charge in [-0.05, 0) is 25.0 Å². The first kappa shape index (κ1) is 9.17. The summed E-state index contributed by atoms with van der Waals surface area (Å²) < 4.78 is 0. The lowest BCUT2D eigenvalue weighted by atomic mass is 10.1. The Morgan fingerprint density at radius 2 is 2.12 bits per heavy atom. The SMILES string of the molecule is N#Cc1cc(NC2CC2)nc2ccccc12. The molecule has 1 saturated carbocycles. The predicted molar refractivity (Wildman–Crippen MR) is 63.1 cm³/mol. The molecule has 1 aliphatic rings. The van der Waals surface area contributed by atoms with Crippen molar-refractivity contribution in [3.8, 4) is 6.07 Å². The summed E-state index contributed by atoms with van der Waals surface area (Å²) in [5.74, 6) is 0.817. The molecule has 1 aliphatic carbocycles. The highest BCUT2D eigenvalue weighted by Gasteiger charge is 2.21. The van der Waals surface area contributed by atoms with E-state index < -0.39 is 0 Å². The standard InChI is InChI=1S/C13H11N3/c14-8-9-7-13(15-10-5-6-10)16-12-4-2-1-3-11(9)12/h1-4,7,10H,5-6H2,(H,15,16).